The number of fused-ring (bicyclic) bond motifs is 6. The van der Waals surface area contributed by atoms with Crippen LogP contribution in [0.15, 0.2) is 210 Å². The lowest BCUT2D eigenvalue weighted by atomic mass is 10.0. The average molecular weight is 720 g/mol. The molecule has 0 aliphatic heterocycles. The van der Waals surface area contributed by atoms with Crippen LogP contribution in [0.4, 0.5) is 0 Å². The topological polar surface area (TPSA) is 60.6 Å². The molecule has 5 nitrogen and oxygen atoms in total. The fourth-order valence-corrected chi connectivity index (χ4v) is 7.93. The van der Waals surface area contributed by atoms with Crippen LogP contribution in [0.25, 0.3) is 66.1 Å². The predicted molar refractivity (Wildman–Crippen MR) is 234 cm³/mol. The zero-order chi connectivity index (χ0) is 37.4. The fraction of sp³-hybridized carbons (Fsp3) is 0.0196. The first-order valence-electron chi connectivity index (χ1n) is 18.9. The van der Waals surface area contributed by atoms with Crippen molar-refractivity contribution in [2.45, 2.75) is 6.17 Å². The normalized spacial score (nSPS) is 12.7. The van der Waals surface area contributed by atoms with E-state index in [0.717, 1.165) is 39.2 Å². The number of hydrogen-bond acceptors (Lipinski definition) is 2. The van der Waals surface area contributed by atoms with Gasteiger partial charge in [-0.3, -0.25) is 0 Å². The third-order valence-electron chi connectivity index (χ3n) is 10.6. The van der Waals surface area contributed by atoms with E-state index in [2.05, 4.69) is 149 Å². The summed E-state index contributed by atoms with van der Waals surface area (Å²) < 4.78 is 4.78. The first-order chi connectivity index (χ1) is 27.7. The summed E-state index contributed by atoms with van der Waals surface area (Å²) in [5.74, 6) is 0.587. The second kappa shape index (κ2) is 14.1. The number of nitrogens with two attached hydrogens (primary N) is 1. The minimum atomic E-state index is -0.525. The molecule has 8 aromatic carbocycles. The molecule has 5 heteroatoms. The molecule has 0 spiro atoms. The third-order valence-corrected chi connectivity index (χ3v) is 10.6. The van der Waals surface area contributed by atoms with Crippen LogP contribution in [0, 0.1) is 0 Å². The minimum Gasteiger partial charge on any atom is -0.309 e. The zero-order valence-corrected chi connectivity index (χ0v) is 30.6. The van der Waals surface area contributed by atoms with E-state index in [9.17, 15) is 0 Å². The number of aliphatic imine (C=N–C) groups is 2. The molecule has 0 saturated carbocycles. The Morgan fingerprint density at radius 3 is 1.64 bits per heavy atom. The van der Waals surface area contributed by atoms with Crippen molar-refractivity contribution in [3.63, 3.8) is 0 Å². The molecule has 0 saturated heterocycles. The van der Waals surface area contributed by atoms with E-state index in [1.54, 1.807) is 0 Å². The summed E-state index contributed by atoms with van der Waals surface area (Å²) in [6.45, 7) is 0. The van der Waals surface area contributed by atoms with Gasteiger partial charge in [-0.25, -0.2) is 9.98 Å². The molecule has 2 aromatic heterocycles. The van der Waals surface area contributed by atoms with E-state index >= 15 is 0 Å². The standard InChI is InChI=1S/C51H37N5/c52-50(37-16-4-1-5-17-37)54-51(38-18-6-2-7-19-38)53-34-35-15-14-20-39(31-35)36-27-29-41(30-28-36)56-47-26-13-11-24-43(47)45-32-44-42-23-10-12-25-46(42)55(48(44)33-49(45)56)40-21-8-3-9-22-40/h1-34,50H,52H2. The summed E-state index contributed by atoms with van der Waals surface area (Å²) in [5.41, 5.74) is 18.6. The average Bonchev–Trinajstić information content (AvgIpc) is 3.77. The lowest BCUT2D eigenvalue weighted by Gasteiger charge is -2.11. The largest absolute Gasteiger partial charge is 0.309 e. The summed E-state index contributed by atoms with van der Waals surface area (Å²) in [6.07, 6.45) is 1.34. The van der Waals surface area contributed by atoms with Crippen molar-refractivity contribution in [2.75, 3.05) is 0 Å². The lowest BCUT2D eigenvalue weighted by molar-refractivity contribution is 0.775. The van der Waals surface area contributed by atoms with Gasteiger partial charge in [0.1, 0.15) is 6.17 Å². The number of amidine groups is 1. The Labute approximate surface area is 325 Å². The molecule has 1 unspecified atom stereocenters. The van der Waals surface area contributed by atoms with Crippen molar-refractivity contribution >= 4 is 55.7 Å². The number of rotatable bonds is 7. The van der Waals surface area contributed by atoms with Gasteiger partial charge in [-0.05, 0) is 76.9 Å². The molecular formula is C51H37N5. The molecule has 2 N–H and O–H groups in total. The fourth-order valence-electron chi connectivity index (χ4n) is 7.93. The Morgan fingerprint density at radius 2 is 1.00 bits per heavy atom. The van der Waals surface area contributed by atoms with Crippen molar-refractivity contribution in [3.05, 3.63) is 217 Å². The maximum absolute atomic E-state index is 6.52. The third kappa shape index (κ3) is 5.97. The highest BCUT2D eigenvalue weighted by Gasteiger charge is 2.18. The molecule has 0 bridgehead atoms. The number of para-hydroxylation sites is 3. The van der Waals surface area contributed by atoms with Gasteiger partial charge in [-0.15, -0.1) is 0 Å². The Hall–Kier alpha value is -7.34. The molecule has 1 atom stereocenters. The van der Waals surface area contributed by atoms with E-state index in [4.69, 9.17) is 15.7 Å². The molecule has 2 heterocycles. The van der Waals surface area contributed by atoms with Crippen molar-refractivity contribution in [2.24, 2.45) is 15.7 Å². The molecule has 0 aliphatic rings. The second-order valence-electron chi connectivity index (χ2n) is 14.0. The van der Waals surface area contributed by atoms with Crippen LogP contribution in [0.2, 0.25) is 0 Å². The Bertz CT molecular complexity index is 3070. The molecule has 0 radical (unpaired) electrons. The van der Waals surface area contributed by atoms with Crippen molar-refractivity contribution < 1.29 is 0 Å². The van der Waals surface area contributed by atoms with Crippen LogP contribution >= 0.6 is 0 Å². The van der Waals surface area contributed by atoms with Crippen LogP contribution in [-0.2, 0) is 0 Å². The van der Waals surface area contributed by atoms with Gasteiger partial charge in [-0.2, -0.15) is 0 Å². The van der Waals surface area contributed by atoms with Gasteiger partial charge in [0.15, 0.2) is 5.84 Å². The molecule has 10 rings (SSSR count). The number of nitrogens with zero attached hydrogens (tertiary/aromatic N) is 4. The van der Waals surface area contributed by atoms with E-state index in [0.29, 0.717) is 5.84 Å². The van der Waals surface area contributed by atoms with Crippen molar-refractivity contribution in [1.29, 1.82) is 0 Å². The summed E-state index contributed by atoms with van der Waals surface area (Å²) in [5, 5.41) is 4.98. The first-order valence-corrected chi connectivity index (χ1v) is 18.9. The number of hydrogen-bond donors (Lipinski definition) is 1. The Morgan fingerprint density at radius 1 is 0.446 bits per heavy atom. The smallest absolute Gasteiger partial charge is 0.156 e. The van der Waals surface area contributed by atoms with E-state index in [-0.39, 0.29) is 0 Å². The summed E-state index contributed by atoms with van der Waals surface area (Å²) in [7, 11) is 0. The maximum Gasteiger partial charge on any atom is 0.156 e. The quantitative estimate of drug-likeness (QED) is 0.129. The molecule has 0 fully saturated rings. The van der Waals surface area contributed by atoms with Gasteiger partial charge >= 0.3 is 0 Å². The minimum absolute atomic E-state index is 0.525. The molecule has 10 aromatic rings. The predicted octanol–water partition coefficient (Wildman–Crippen LogP) is 12.1. The van der Waals surface area contributed by atoms with Gasteiger partial charge < -0.3 is 14.9 Å². The Kier molecular flexibility index (Phi) is 8.40. The van der Waals surface area contributed by atoms with Gasteiger partial charge in [0.05, 0.1) is 22.1 Å². The van der Waals surface area contributed by atoms with Crippen LogP contribution in [0.5, 0.6) is 0 Å². The van der Waals surface area contributed by atoms with Crippen molar-refractivity contribution in [3.8, 4) is 22.5 Å². The monoisotopic (exact) mass is 719 g/mol. The Balaban J connectivity index is 1.03. The van der Waals surface area contributed by atoms with Gasteiger partial charge in [0.25, 0.3) is 0 Å². The summed E-state index contributed by atoms with van der Waals surface area (Å²) in [6, 6.07) is 70.0. The van der Waals surface area contributed by atoms with E-state index in [1.807, 2.05) is 66.9 Å². The first kappa shape index (κ1) is 33.2. The highest BCUT2D eigenvalue weighted by atomic mass is 15.0. The molecule has 0 amide bonds. The maximum atomic E-state index is 6.52. The van der Waals surface area contributed by atoms with Crippen LogP contribution in [0.3, 0.4) is 0 Å². The molecule has 266 valence electrons. The van der Waals surface area contributed by atoms with Crippen LogP contribution < -0.4 is 5.73 Å². The second-order valence-corrected chi connectivity index (χ2v) is 14.0. The highest BCUT2D eigenvalue weighted by molar-refractivity contribution is 6.19. The van der Waals surface area contributed by atoms with Crippen LogP contribution in [-0.4, -0.2) is 21.2 Å². The van der Waals surface area contributed by atoms with Crippen molar-refractivity contribution in [1.82, 2.24) is 9.13 Å². The van der Waals surface area contributed by atoms with E-state index < -0.39 is 6.17 Å². The molecule has 0 aliphatic carbocycles. The van der Waals surface area contributed by atoms with Crippen LogP contribution in [0.1, 0.15) is 22.9 Å². The summed E-state index contributed by atoms with van der Waals surface area (Å²) in [4.78, 5) is 9.70. The van der Waals surface area contributed by atoms with E-state index in [1.165, 1.54) is 43.6 Å². The number of aromatic nitrogens is 2. The molecular weight excluding hydrogens is 683 g/mol. The van der Waals surface area contributed by atoms with Gasteiger partial charge in [0, 0.05) is 44.7 Å². The zero-order valence-electron chi connectivity index (χ0n) is 30.6. The molecule has 56 heavy (non-hydrogen) atoms. The number of benzene rings is 8. The SMILES string of the molecule is NC(N=C(N=Cc1cccc(-c2ccc(-n3c4ccccc4c4cc5c6ccccc6n(-c6ccccc6)c5cc43)cc2)c1)c1ccccc1)c1ccccc1. The van der Waals surface area contributed by atoms with Gasteiger partial charge in [-0.1, -0.05) is 146 Å². The van der Waals surface area contributed by atoms with Gasteiger partial charge in [0.2, 0.25) is 0 Å². The lowest BCUT2D eigenvalue weighted by Crippen LogP contribution is -2.11. The summed E-state index contributed by atoms with van der Waals surface area (Å²) >= 11 is 0. The highest BCUT2D eigenvalue weighted by Crippen LogP contribution is 2.39.